The van der Waals surface area contributed by atoms with Crippen molar-refractivity contribution in [3.63, 3.8) is 0 Å². The highest BCUT2D eigenvalue weighted by Crippen LogP contribution is 2.18. The smallest absolute Gasteiger partial charge is 0.230 e. The van der Waals surface area contributed by atoms with E-state index in [1.54, 1.807) is 12.1 Å². The lowest BCUT2D eigenvalue weighted by atomic mass is 10.2. The molecule has 0 aliphatic rings. The number of amides is 1. The number of carbonyl (C=O) groups is 1. The van der Waals surface area contributed by atoms with Gasteiger partial charge in [-0.05, 0) is 48.4 Å². The van der Waals surface area contributed by atoms with Gasteiger partial charge >= 0.3 is 0 Å². The molecule has 0 saturated carbocycles. The summed E-state index contributed by atoms with van der Waals surface area (Å²) in [5, 5.41) is 2.81. The standard InChI is InChI=1S/C20H24FNO3S/c1-2-11-24-18-7-9-19(10-8-18)25-12-13-26-15-20(23)22-14-16-3-5-17(21)6-4-16/h3-10H,2,11-15H2,1H3,(H,22,23). The second-order valence-corrected chi connectivity index (χ2v) is 6.73. The monoisotopic (exact) mass is 377 g/mol. The number of hydrogen-bond acceptors (Lipinski definition) is 4. The lowest BCUT2D eigenvalue weighted by Crippen LogP contribution is -2.24. The number of nitrogens with one attached hydrogen (secondary N) is 1. The second kappa shape index (κ2) is 11.4. The van der Waals surface area contributed by atoms with Gasteiger partial charge in [-0.3, -0.25) is 4.79 Å². The van der Waals surface area contributed by atoms with Crippen molar-refractivity contribution in [3.8, 4) is 11.5 Å². The van der Waals surface area contributed by atoms with Crippen LogP contribution >= 0.6 is 11.8 Å². The highest BCUT2D eigenvalue weighted by atomic mass is 32.2. The molecule has 0 aliphatic heterocycles. The Kier molecular flexibility index (Phi) is 8.83. The number of ether oxygens (including phenoxy) is 2. The predicted octanol–water partition coefficient (Wildman–Crippen LogP) is 4.04. The molecule has 0 heterocycles. The van der Waals surface area contributed by atoms with E-state index in [4.69, 9.17) is 9.47 Å². The molecule has 2 rings (SSSR count). The number of thioether (sulfide) groups is 1. The van der Waals surface area contributed by atoms with Gasteiger partial charge in [0, 0.05) is 12.3 Å². The van der Waals surface area contributed by atoms with Crippen LogP contribution in [0.2, 0.25) is 0 Å². The van der Waals surface area contributed by atoms with Crippen molar-refractivity contribution in [2.45, 2.75) is 19.9 Å². The molecule has 1 N–H and O–H groups in total. The van der Waals surface area contributed by atoms with Crippen LogP contribution in [0.15, 0.2) is 48.5 Å². The molecule has 140 valence electrons. The molecule has 0 saturated heterocycles. The number of rotatable bonds is 11. The minimum absolute atomic E-state index is 0.0447. The summed E-state index contributed by atoms with van der Waals surface area (Å²) in [7, 11) is 0. The van der Waals surface area contributed by atoms with Crippen molar-refractivity contribution in [1.29, 1.82) is 0 Å². The van der Waals surface area contributed by atoms with Crippen LogP contribution in [0.1, 0.15) is 18.9 Å². The zero-order valence-corrected chi connectivity index (χ0v) is 15.7. The van der Waals surface area contributed by atoms with Crippen LogP contribution in [-0.4, -0.2) is 30.6 Å². The van der Waals surface area contributed by atoms with E-state index in [0.29, 0.717) is 25.5 Å². The van der Waals surface area contributed by atoms with Crippen molar-refractivity contribution >= 4 is 17.7 Å². The van der Waals surface area contributed by atoms with E-state index in [0.717, 1.165) is 29.2 Å². The lowest BCUT2D eigenvalue weighted by Gasteiger charge is -2.08. The summed E-state index contributed by atoms with van der Waals surface area (Å²) in [6.07, 6.45) is 0.979. The number of halogens is 1. The minimum Gasteiger partial charge on any atom is -0.494 e. The Hall–Kier alpha value is -2.21. The third kappa shape index (κ3) is 7.78. The van der Waals surface area contributed by atoms with Crippen molar-refractivity contribution in [1.82, 2.24) is 5.32 Å². The molecule has 6 heteroatoms. The fourth-order valence-corrected chi connectivity index (χ4v) is 2.72. The first-order chi connectivity index (χ1) is 12.7. The highest BCUT2D eigenvalue weighted by molar-refractivity contribution is 7.99. The van der Waals surface area contributed by atoms with E-state index in [1.165, 1.54) is 23.9 Å². The summed E-state index contributed by atoms with van der Waals surface area (Å²) in [6.45, 7) is 3.71. The summed E-state index contributed by atoms with van der Waals surface area (Å²) in [6, 6.07) is 13.6. The molecule has 26 heavy (non-hydrogen) atoms. The molecule has 0 aliphatic carbocycles. The number of carbonyl (C=O) groups excluding carboxylic acids is 1. The van der Waals surface area contributed by atoms with E-state index >= 15 is 0 Å². The average Bonchev–Trinajstić information content (AvgIpc) is 2.66. The van der Waals surface area contributed by atoms with Crippen molar-refractivity contribution in [3.05, 3.63) is 59.9 Å². The molecule has 0 atom stereocenters. The van der Waals surface area contributed by atoms with Crippen molar-refractivity contribution < 1.29 is 18.7 Å². The van der Waals surface area contributed by atoms with E-state index in [1.807, 2.05) is 24.3 Å². The van der Waals surface area contributed by atoms with Crippen LogP contribution in [0, 0.1) is 5.82 Å². The van der Waals surface area contributed by atoms with Gasteiger partial charge in [0.25, 0.3) is 0 Å². The van der Waals surface area contributed by atoms with Gasteiger partial charge in [0.05, 0.1) is 19.0 Å². The van der Waals surface area contributed by atoms with Crippen LogP contribution in [0.25, 0.3) is 0 Å². The topological polar surface area (TPSA) is 47.6 Å². The first-order valence-electron chi connectivity index (χ1n) is 8.62. The first-order valence-corrected chi connectivity index (χ1v) is 9.77. The van der Waals surface area contributed by atoms with Crippen LogP contribution in [0.5, 0.6) is 11.5 Å². The zero-order chi connectivity index (χ0) is 18.6. The molecule has 0 unspecified atom stereocenters. The van der Waals surface area contributed by atoms with Crippen LogP contribution in [0.4, 0.5) is 4.39 Å². The van der Waals surface area contributed by atoms with Crippen LogP contribution in [-0.2, 0) is 11.3 Å². The minimum atomic E-state index is -0.279. The number of hydrogen-bond donors (Lipinski definition) is 1. The largest absolute Gasteiger partial charge is 0.494 e. The molecule has 0 bridgehead atoms. The Bertz CT molecular complexity index is 662. The second-order valence-electron chi connectivity index (χ2n) is 5.62. The van der Waals surface area contributed by atoms with Crippen molar-refractivity contribution in [2.75, 3.05) is 24.7 Å². The van der Waals surface area contributed by atoms with Gasteiger partial charge < -0.3 is 14.8 Å². The van der Waals surface area contributed by atoms with Crippen LogP contribution in [0.3, 0.4) is 0 Å². The van der Waals surface area contributed by atoms with E-state index < -0.39 is 0 Å². The summed E-state index contributed by atoms with van der Waals surface area (Å²) in [5.74, 6) is 2.39. The molecule has 0 radical (unpaired) electrons. The number of benzene rings is 2. The zero-order valence-electron chi connectivity index (χ0n) is 14.9. The van der Waals surface area contributed by atoms with Gasteiger partial charge in [0.1, 0.15) is 17.3 Å². The highest BCUT2D eigenvalue weighted by Gasteiger charge is 2.02. The fraction of sp³-hybridized carbons (Fsp3) is 0.350. The van der Waals surface area contributed by atoms with E-state index in [2.05, 4.69) is 12.2 Å². The maximum atomic E-state index is 12.8. The maximum Gasteiger partial charge on any atom is 0.230 e. The van der Waals surface area contributed by atoms with E-state index in [-0.39, 0.29) is 11.7 Å². The fourth-order valence-electron chi connectivity index (χ4n) is 2.09. The Morgan fingerprint density at radius 1 is 1.00 bits per heavy atom. The predicted molar refractivity (Wildman–Crippen MR) is 103 cm³/mol. The Balaban J connectivity index is 1.55. The van der Waals surface area contributed by atoms with Gasteiger partial charge in [0.2, 0.25) is 5.91 Å². The van der Waals surface area contributed by atoms with Gasteiger partial charge in [-0.1, -0.05) is 19.1 Å². The normalized spacial score (nSPS) is 10.4. The molecule has 2 aromatic rings. The quantitative estimate of drug-likeness (QED) is 0.601. The SMILES string of the molecule is CCCOc1ccc(OCCSCC(=O)NCc2ccc(F)cc2)cc1. The molecular weight excluding hydrogens is 353 g/mol. The molecule has 0 spiro atoms. The molecule has 0 fully saturated rings. The molecule has 2 aromatic carbocycles. The third-order valence-corrected chi connectivity index (χ3v) is 4.35. The van der Waals surface area contributed by atoms with E-state index in [9.17, 15) is 9.18 Å². The van der Waals surface area contributed by atoms with Gasteiger partial charge in [-0.2, -0.15) is 0 Å². The lowest BCUT2D eigenvalue weighted by molar-refractivity contribution is -0.118. The molecular formula is C20H24FNO3S. The Morgan fingerprint density at radius 2 is 1.62 bits per heavy atom. The van der Waals surface area contributed by atoms with Crippen LogP contribution < -0.4 is 14.8 Å². The van der Waals surface area contributed by atoms with Gasteiger partial charge in [-0.15, -0.1) is 11.8 Å². The summed E-state index contributed by atoms with van der Waals surface area (Å²) in [5.41, 5.74) is 0.874. The summed E-state index contributed by atoms with van der Waals surface area (Å²) < 4.78 is 24.0. The van der Waals surface area contributed by atoms with Crippen molar-refractivity contribution in [2.24, 2.45) is 0 Å². The molecule has 4 nitrogen and oxygen atoms in total. The Morgan fingerprint density at radius 3 is 2.23 bits per heavy atom. The Labute approximate surface area is 158 Å². The third-order valence-electron chi connectivity index (χ3n) is 3.43. The summed E-state index contributed by atoms with van der Waals surface area (Å²) in [4.78, 5) is 11.8. The molecule has 1 amide bonds. The molecule has 0 aromatic heterocycles. The van der Waals surface area contributed by atoms with Gasteiger partial charge in [0.15, 0.2) is 0 Å². The first kappa shape index (κ1) is 20.1. The maximum absolute atomic E-state index is 12.8. The average molecular weight is 377 g/mol. The van der Waals surface area contributed by atoms with Gasteiger partial charge in [-0.25, -0.2) is 4.39 Å². The summed E-state index contributed by atoms with van der Waals surface area (Å²) >= 11 is 1.51.